The predicted octanol–water partition coefficient (Wildman–Crippen LogP) is 10.1. The number of benzene rings is 7. The largest absolute Gasteiger partial charge is 0.0622 e. The van der Waals surface area contributed by atoms with Crippen molar-refractivity contribution < 1.29 is 0 Å². The van der Waals surface area contributed by atoms with Gasteiger partial charge in [-0.3, -0.25) is 0 Å². The van der Waals surface area contributed by atoms with Gasteiger partial charge in [-0.1, -0.05) is 133 Å². The zero-order valence-corrected chi connectivity index (χ0v) is 19.9. The number of hydrogen-bond acceptors (Lipinski definition) is 0. The second kappa shape index (κ2) is 8.52. The van der Waals surface area contributed by atoms with E-state index in [1.807, 2.05) is 0 Å². The van der Waals surface area contributed by atoms with Gasteiger partial charge in [0.05, 0.1) is 0 Å². The Morgan fingerprint density at radius 3 is 1.69 bits per heavy atom. The van der Waals surface area contributed by atoms with Gasteiger partial charge >= 0.3 is 0 Å². The second-order valence-corrected chi connectivity index (χ2v) is 9.35. The van der Waals surface area contributed by atoms with E-state index in [0.717, 1.165) is 0 Å². The molecule has 0 aliphatic rings. The lowest BCUT2D eigenvalue weighted by Crippen LogP contribution is -1.89. The summed E-state index contributed by atoms with van der Waals surface area (Å²) in [4.78, 5) is 0. The molecule has 0 aliphatic carbocycles. The van der Waals surface area contributed by atoms with Crippen LogP contribution in [0.3, 0.4) is 0 Å². The van der Waals surface area contributed by atoms with Gasteiger partial charge < -0.3 is 0 Å². The molecule has 0 spiro atoms. The molecule has 0 bridgehead atoms. The first-order valence-corrected chi connectivity index (χ1v) is 12.5. The second-order valence-electron chi connectivity index (χ2n) is 9.35. The third-order valence-corrected chi connectivity index (χ3v) is 7.24. The maximum absolute atomic E-state index is 2.36. The molecule has 7 rings (SSSR count). The Hall–Kier alpha value is -4.68. The summed E-state index contributed by atoms with van der Waals surface area (Å²) >= 11 is 0. The van der Waals surface area contributed by atoms with Gasteiger partial charge in [-0.05, 0) is 77.8 Å². The number of rotatable bonds is 3. The average molecular weight is 457 g/mol. The van der Waals surface area contributed by atoms with Crippen LogP contribution < -0.4 is 0 Å². The van der Waals surface area contributed by atoms with Crippen molar-refractivity contribution in [2.45, 2.75) is 0 Å². The molecule has 7 aromatic rings. The minimum atomic E-state index is 1.24. The zero-order valence-electron chi connectivity index (χ0n) is 19.9. The van der Waals surface area contributed by atoms with Crippen LogP contribution in [0.2, 0.25) is 0 Å². The van der Waals surface area contributed by atoms with E-state index in [1.165, 1.54) is 65.7 Å². The molecule has 0 N–H and O–H groups in total. The molecule has 36 heavy (non-hydrogen) atoms. The fraction of sp³-hybridized carbons (Fsp3) is 0. The summed E-state index contributed by atoms with van der Waals surface area (Å²) in [6.45, 7) is 0. The van der Waals surface area contributed by atoms with Crippen LogP contribution in [-0.2, 0) is 0 Å². The summed E-state index contributed by atoms with van der Waals surface area (Å²) in [5.74, 6) is 0. The molecule has 168 valence electrons. The topological polar surface area (TPSA) is 0 Å². The van der Waals surface area contributed by atoms with Crippen molar-refractivity contribution >= 4 is 32.3 Å². The highest BCUT2D eigenvalue weighted by molar-refractivity contribution is 6.19. The molecule has 0 nitrogen and oxygen atoms in total. The Labute approximate surface area is 211 Å². The van der Waals surface area contributed by atoms with E-state index >= 15 is 0 Å². The Kier molecular flexibility index (Phi) is 4.89. The van der Waals surface area contributed by atoms with Gasteiger partial charge in [-0.25, -0.2) is 0 Å². The van der Waals surface area contributed by atoms with Crippen molar-refractivity contribution in [1.29, 1.82) is 0 Å². The average Bonchev–Trinajstić information content (AvgIpc) is 2.96. The van der Waals surface area contributed by atoms with Gasteiger partial charge in [-0.2, -0.15) is 0 Å². The molecule has 0 radical (unpaired) electrons. The van der Waals surface area contributed by atoms with Gasteiger partial charge in [0.1, 0.15) is 0 Å². The summed E-state index contributed by atoms with van der Waals surface area (Å²) in [7, 11) is 0. The molecule has 0 heteroatoms. The van der Waals surface area contributed by atoms with Gasteiger partial charge in [-0.15, -0.1) is 0 Å². The first-order chi connectivity index (χ1) is 17.9. The highest BCUT2D eigenvalue weighted by atomic mass is 14.2. The molecule has 0 saturated carbocycles. The van der Waals surface area contributed by atoms with Gasteiger partial charge in [0.25, 0.3) is 0 Å². The third kappa shape index (κ3) is 3.39. The summed E-state index contributed by atoms with van der Waals surface area (Å²) in [6, 6.07) is 52.8. The Bertz CT molecular complexity index is 1870. The Morgan fingerprint density at radius 2 is 0.833 bits per heavy atom. The molecule has 0 unspecified atom stereocenters. The number of hydrogen-bond donors (Lipinski definition) is 0. The highest BCUT2D eigenvalue weighted by Gasteiger charge is 2.14. The summed E-state index contributed by atoms with van der Waals surface area (Å²) in [5, 5.41) is 7.70. The van der Waals surface area contributed by atoms with E-state index in [9.17, 15) is 0 Å². The van der Waals surface area contributed by atoms with Crippen molar-refractivity contribution in [3.63, 3.8) is 0 Å². The van der Waals surface area contributed by atoms with E-state index < -0.39 is 0 Å². The van der Waals surface area contributed by atoms with Gasteiger partial charge in [0.2, 0.25) is 0 Å². The van der Waals surface area contributed by atoms with Crippen molar-refractivity contribution in [1.82, 2.24) is 0 Å². The number of fused-ring (bicyclic) bond motifs is 4. The zero-order chi connectivity index (χ0) is 23.9. The van der Waals surface area contributed by atoms with Crippen molar-refractivity contribution in [2.24, 2.45) is 0 Å². The van der Waals surface area contributed by atoms with Crippen LogP contribution in [0.1, 0.15) is 0 Å². The van der Waals surface area contributed by atoms with E-state index in [4.69, 9.17) is 0 Å². The predicted molar refractivity (Wildman–Crippen MR) is 155 cm³/mol. The van der Waals surface area contributed by atoms with Crippen LogP contribution >= 0.6 is 0 Å². The van der Waals surface area contributed by atoms with Crippen LogP contribution in [0.4, 0.5) is 0 Å². The molecule has 0 saturated heterocycles. The van der Waals surface area contributed by atoms with Crippen molar-refractivity contribution in [3.8, 4) is 33.4 Å². The lowest BCUT2D eigenvalue weighted by molar-refractivity contribution is 1.62. The molecule has 0 fully saturated rings. The van der Waals surface area contributed by atoms with Crippen LogP contribution in [0.15, 0.2) is 146 Å². The fourth-order valence-corrected chi connectivity index (χ4v) is 5.58. The molecule has 7 aromatic carbocycles. The molecule has 0 atom stereocenters. The molecule has 0 aliphatic heterocycles. The van der Waals surface area contributed by atoms with E-state index in [0.29, 0.717) is 0 Å². The molecule has 0 amide bonds. The smallest absolute Gasteiger partial charge is 0.00206 e. The highest BCUT2D eigenvalue weighted by Crippen LogP contribution is 2.41. The molecular formula is C36H24. The molecule has 0 heterocycles. The van der Waals surface area contributed by atoms with Crippen molar-refractivity contribution in [3.05, 3.63) is 146 Å². The quantitative estimate of drug-likeness (QED) is 0.232. The lowest BCUT2D eigenvalue weighted by Gasteiger charge is -2.16. The van der Waals surface area contributed by atoms with E-state index in [1.54, 1.807) is 0 Å². The third-order valence-electron chi connectivity index (χ3n) is 7.24. The van der Waals surface area contributed by atoms with Gasteiger partial charge in [0.15, 0.2) is 0 Å². The fourth-order valence-electron chi connectivity index (χ4n) is 5.58. The summed E-state index contributed by atoms with van der Waals surface area (Å²) in [5.41, 5.74) is 7.53. The van der Waals surface area contributed by atoms with Crippen molar-refractivity contribution in [2.75, 3.05) is 0 Å². The van der Waals surface area contributed by atoms with Gasteiger partial charge in [0, 0.05) is 0 Å². The SMILES string of the molecule is c1ccc(-c2cccc3c(-c4cccc(-c5cccc6ccccc56)c4)cc4ccccc4c23)cc1. The van der Waals surface area contributed by atoms with Crippen LogP contribution in [0, 0.1) is 0 Å². The normalized spacial score (nSPS) is 11.3. The summed E-state index contributed by atoms with van der Waals surface area (Å²) < 4.78 is 0. The standard InChI is InChI=1S/C36H24/c1-2-11-26(12-3-1)32-21-10-22-34-35(24-29-14-5-7-19-33(29)36(32)34)28-17-8-16-27(23-28)31-20-9-15-25-13-4-6-18-30(25)31/h1-24H. The molecular weight excluding hydrogens is 432 g/mol. The summed E-state index contributed by atoms with van der Waals surface area (Å²) in [6.07, 6.45) is 0. The van der Waals surface area contributed by atoms with Crippen LogP contribution in [0.25, 0.3) is 65.7 Å². The van der Waals surface area contributed by atoms with Crippen LogP contribution in [0.5, 0.6) is 0 Å². The Balaban J connectivity index is 1.51. The molecule has 0 aromatic heterocycles. The van der Waals surface area contributed by atoms with E-state index in [2.05, 4.69) is 146 Å². The maximum atomic E-state index is 2.36. The first-order valence-electron chi connectivity index (χ1n) is 12.5. The lowest BCUT2D eigenvalue weighted by atomic mass is 9.88. The Morgan fingerprint density at radius 1 is 0.278 bits per heavy atom. The van der Waals surface area contributed by atoms with E-state index in [-0.39, 0.29) is 0 Å². The minimum absolute atomic E-state index is 1.24. The maximum Gasteiger partial charge on any atom is -0.00206 e. The van der Waals surface area contributed by atoms with Crippen LogP contribution in [-0.4, -0.2) is 0 Å². The monoisotopic (exact) mass is 456 g/mol. The minimum Gasteiger partial charge on any atom is -0.0622 e. The first kappa shape index (κ1) is 20.7.